The van der Waals surface area contributed by atoms with Crippen LogP contribution in [0.15, 0.2) is 78.9 Å². The van der Waals surface area contributed by atoms with E-state index in [-0.39, 0.29) is 64.1 Å². The molecular weight excluding hydrogens is 1220 g/mol. The lowest BCUT2D eigenvalue weighted by Gasteiger charge is -2.44. The highest BCUT2D eigenvalue weighted by molar-refractivity contribution is 7.44. The smallest absolute Gasteiger partial charge is 0.303 e. The number of nitriles is 1. The molecule has 7 unspecified atom stereocenters. The van der Waals surface area contributed by atoms with Crippen LogP contribution in [0, 0.1) is 16.7 Å². The van der Waals surface area contributed by atoms with Gasteiger partial charge in [0.2, 0.25) is 11.8 Å². The molecule has 2 N–H and O–H groups in total. The second-order valence-corrected chi connectivity index (χ2v) is 27.5. The second kappa shape index (κ2) is 36.9. The highest BCUT2D eigenvalue weighted by Crippen LogP contribution is 2.52. The van der Waals surface area contributed by atoms with Crippen molar-refractivity contribution in [2.24, 2.45) is 5.41 Å². The Kier molecular flexibility index (Phi) is 30.8. The van der Waals surface area contributed by atoms with Gasteiger partial charge in [0.15, 0.2) is 18.5 Å². The maximum Gasteiger partial charge on any atom is 0.303 e. The lowest BCUT2D eigenvalue weighted by molar-refractivity contribution is -0.277. The number of rotatable bonds is 38. The number of carbonyl (C=O) groups is 5. The minimum Gasteiger partial charge on any atom is -0.497 e. The molecule has 5 rings (SSSR count). The van der Waals surface area contributed by atoms with Crippen molar-refractivity contribution >= 4 is 38.2 Å². The van der Waals surface area contributed by atoms with Crippen molar-refractivity contribution in [2.75, 3.05) is 60.6 Å². The van der Waals surface area contributed by atoms with E-state index in [0.717, 1.165) is 23.6 Å². The highest BCUT2D eigenvalue weighted by Gasteiger charge is 2.55. The van der Waals surface area contributed by atoms with E-state index in [1.807, 2.05) is 94.4 Å². The molecule has 24 heteroatoms. The molecule has 518 valence electrons. The summed E-state index contributed by atoms with van der Waals surface area (Å²) < 4.78 is 90.2. The number of methoxy groups -OCH3 is 2. The number of ether oxygens (including phenoxy) is 12. The number of benzene rings is 3. The Balaban J connectivity index is 1.24. The fraction of sp³-hybridized carbons (Fsp3) is 0.652. The summed E-state index contributed by atoms with van der Waals surface area (Å²) in [7, 11) is 1.48. The van der Waals surface area contributed by atoms with Gasteiger partial charge >= 0.3 is 17.9 Å². The van der Waals surface area contributed by atoms with Gasteiger partial charge in [-0.3, -0.25) is 24.0 Å². The van der Waals surface area contributed by atoms with Gasteiger partial charge in [-0.25, -0.2) is 4.67 Å². The highest BCUT2D eigenvalue weighted by atomic mass is 31.2. The first-order valence-corrected chi connectivity index (χ1v) is 33.2. The standard InChI is InChI=1S/C69H103N4O19P/c1-45(2)73(46(3)4)93(87-40-23-37-70)92-61-57(43-85-69(51-24-19-18-20-25-51,52-27-31-54(79-16)32-28-52)53-29-33-55(80-17)34-30-53)90-64(66(9,10)11)63(61)83-44-86-68(14,15)36-41-84-67(12,13)35-38-71-58(78)26-21-22-39-81-65-59(72-47(5)74)62(89-50(8)77)60(88-49(7)76)56(91-65)42-82-48(6)75/h18-20,24-25,27-34,45-46,56-57,59-65H,21-23,26,35-36,38-44H2,1-17H3,(H,71,78)(H,72,74)/t56?,57-,59?,60?,61-,62?,63-,64?,65?,93?/m1/s1. The summed E-state index contributed by atoms with van der Waals surface area (Å²) in [5.41, 5.74) is -0.381. The van der Waals surface area contributed by atoms with Crippen LogP contribution in [0.25, 0.3) is 0 Å². The molecule has 3 aromatic rings. The van der Waals surface area contributed by atoms with E-state index in [1.165, 1.54) is 20.8 Å². The summed E-state index contributed by atoms with van der Waals surface area (Å²) in [5, 5.41) is 15.3. The van der Waals surface area contributed by atoms with E-state index in [0.29, 0.717) is 50.3 Å². The van der Waals surface area contributed by atoms with Gasteiger partial charge in [0.25, 0.3) is 8.53 Å². The Hall–Kier alpha value is -5.87. The molecule has 3 aromatic carbocycles. The van der Waals surface area contributed by atoms with Crippen LogP contribution in [-0.4, -0.2) is 173 Å². The average Bonchev–Trinajstić information content (AvgIpc) is 1.61. The number of carbonyl (C=O) groups excluding carboxylic acids is 5. The van der Waals surface area contributed by atoms with Crippen LogP contribution in [0.1, 0.15) is 159 Å². The Morgan fingerprint density at radius 3 is 1.74 bits per heavy atom. The molecule has 2 heterocycles. The van der Waals surface area contributed by atoms with E-state index in [2.05, 4.69) is 82.0 Å². The molecule has 0 radical (unpaired) electrons. The molecule has 2 amide bonds. The van der Waals surface area contributed by atoms with E-state index >= 15 is 0 Å². The Bertz CT molecular complexity index is 2780. The number of nitrogens with zero attached hydrogens (tertiary/aromatic N) is 2. The molecule has 2 fully saturated rings. The van der Waals surface area contributed by atoms with Crippen molar-refractivity contribution < 1.29 is 89.9 Å². The SMILES string of the molecule is COc1ccc(C(OC[C@H]2OC(C(C)(C)C)[C@H](OCOC(C)(C)CCOC(C)(C)CCNC(=O)CCCCOC3OC(COC(C)=O)C(OC(C)=O)C(OC(C)=O)C3NC(C)=O)[C@@H]2OP(OCCC#N)N(C(C)C)C(C)C)(c2ccccc2)c2ccc(OC)cc2)cc1. The maximum absolute atomic E-state index is 13.0. The Labute approximate surface area is 552 Å². The summed E-state index contributed by atoms with van der Waals surface area (Å²) in [6.07, 6.45) is -5.21. The number of amides is 2. The molecule has 0 bridgehead atoms. The summed E-state index contributed by atoms with van der Waals surface area (Å²) >= 11 is 0. The molecule has 2 aliphatic heterocycles. The van der Waals surface area contributed by atoms with Crippen molar-refractivity contribution in [3.05, 3.63) is 95.6 Å². The van der Waals surface area contributed by atoms with Crippen LogP contribution in [0.2, 0.25) is 0 Å². The summed E-state index contributed by atoms with van der Waals surface area (Å²) in [5.74, 6) is -1.31. The Morgan fingerprint density at radius 1 is 0.634 bits per heavy atom. The number of hydrogen-bond donors (Lipinski definition) is 2. The lowest BCUT2D eigenvalue weighted by Crippen LogP contribution is -2.66. The lowest BCUT2D eigenvalue weighted by atomic mass is 9.80. The van der Waals surface area contributed by atoms with Crippen LogP contribution in [-0.2, 0) is 86.0 Å². The van der Waals surface area contributed by atoms with E-state index in [1.54, 1.807) is 14.2 Å². The van der Waals surface area contributed by atoms with Crippen molar-refractivity contribution in [3.63, 3.8) is 0 Å². The quantitative estimate of drug-likeness (QED) is 0.0135. The van der Waals surface area contributed by atoms with Crippen LogP contribution >= 0.6 is 8.53 Å². The molecule has 0 saturated carbocycles. The normalized spacial score (nSPS) is 21.4. The Morgan fingerprint density at radius 2 is 1.20 bits per heavy atom. The van der Waals surface area contributed by atoms with Crippen LogP contribution in [0.4, 0.5) is 0 Å². The monoisotopic (exact) mass is 1320 g/mol. The topological polar surface area (TPSA) is 266 Å². The molecule has 93 heavy (non-hydrogen) atoms. The van der Waals surface area contributed by atoms with Gasteiger partial charge in [0.05, 0.1) is 63.8 Å². The second-order valence-electron chi connectivity index (χ2n) is 26.1. The molecule has 2 saturated heterocycles. The van der Waals surface area contributed by atoms with Crippen LogP contribution in [0.5, 0.6) is 11.5 Å². The molecule has 0 spiro atoms. The number of esters is 3. The number of nitrogens with one attached hydrogen (secondary N) is 2. The fourth-order valence-electron chi connectivity index (χ4n) is 11.1. The van der Waals surface area contributed by atoms with Gasteiger partial charge in [-0.15, -0.1) is 0 Å². The summed E-state index contributed by atoms with van der Waals surface area (Å²) in [6.45, 7) is 27.9. The molecule has 2 aliphatic rings. The first-order chi connectivity index (χ1) is 43.9. The largest absolute Gasteiger partial charge is 0.497 e. The van der Waals surface area contributed by atoms with E-state index < -0.39 is 110 Å². The molecule has 0 aromatic heterocycles. The van der Waals surface area contributed by atoms with E-state index in [4.69, 9.17) is 65.9 Å². The van der Waals surface area contributed by atoms with Gasteiger partial charge in [-0.1, -0.05) is 75.4 Å². The first-order valence-electron chi connectivity index (χ1n) is 32.0. The average molecular weight is 1320 g/mol. The van der Waals surface area contributed by atoms with Gasteiger partial charge in [-0.05, 0) is 127 Å². The predicted molar refractivity (Wildman–Crippen MR) is 347 cm³/mol. The minimum absolute atomic E-state index is 0.0116. The van der Waals surface area contributed by atoms with Crippen LogP contribution < -0.4 is 20.1 Å². The predicted octanol–water partition coefficient (Wildman–Crippen LogP) is 10.2. The van der Waals surface area contributed by atoms with Gasteiger partial charge in [0.1, 0.15) is 61.0 Å². The molecule has 23 nitrogen and oxygen atoms in total. The van der Waals surface area contributed by atoms with E-state index in [9.17, 15) is 29.2 Å². The maximum atomic E-state index is 13.0. The third kappa shape index (κ3) is 23.8. The number of hydrogen-bond acceptors (Lipinski definition) is 21. The zero-order chi connectivity index (χ0) is 68.7. The van der Waals surface area contributed by atoms with Gasteiger partial charge in [0, 0.05) is 59.4 Å². The fourth-order valence-corrected chi connectivity index (χ4v) is 12.9. The zero-order valence-electron chi connectivity index (χ0n) is 57.6. The summed E-state index contributed by atoms with van der Waals surface area (Å²) in [6, 6.07) is 27.0. The van der Waals surface area contributed by atoms with Crippen molar-refractivity contribution in [2.45, 2.75) is 226 Å². The summed E-state index contributed by atoms with van der Waals surface area (Å²) in [4.78, 5) is 61.4. The van der Waals surface area contributed by atoms with Gasteiger partial charge < -0.3 is 76.5 Å². The third-order valence-corrected chi connectivity index (χ3v) is 17.9. The van der Waals surface area contributed by atoms with Crippen LogP contribution in [0.3, 0.4) is 0 Å². The molecule has 10 atom stereocenters. The first kappa shape index (κ1) is 77.8. The third-order valence-electron chi connectivity index (χ3n) is 15.8. The van der Waals surface area contributed by atoms with Crippen molar-refractivity contribution in [1.29, 1.82) is 5.26 Å². The number of unbranched alkanes of at least 4 members (excludes halogenated alkanes) is 1. The minimum atomic E-state index is -1.79. The van der Waals surface area contributed by atoms with Gasteiger partial charge in [-0.2, -0.15) is 5.26 Å². The van der Waals surface area contributed by atoms with Crippen molar-refractivity contribution in [1.82, 2.24) is 15.3 Å². The molecule has 0 aliphatic carbocycles. The molecular formula is C69H103N4O19P. The van der Waals surface area contributed by atoms with Crippen molar-refractivity contribution in [3.8, 4) is 17.6 Å². The zero-order valence-corrected chi connectivity index (χ0v) is 58.5.